The summed E-state index contributed by atoms with van der Waals surface area (Å²) in [5, 5.41) is 2.96. The molecule has 0 aromatic heterocycles. The van der Waals surface area contributed by atoms with Gasteiger partial charge in [-0.2, -0.15) is 12.7 Å². The normalized spacial score (nSPS) is 12.3. The van der Waals surface area contributed by atoms with Crippen LogP contribution in [-0.4, -0.2) is 62.7 Å². The quantitative estimate of drug-likeness (QED) is 0.328. The Morgan fingerprint density at radius 1 is 0.878 bits per heavy atom. The van der Waals surface area contributed by atoms with E-state index in [0.29, 0.717) is 6.54 Å². The second kappa shape index (κ2) is 14.2. The average Bonchev–Trinajstić information content (AvgIpc) is 2.94. The average molecular weight is 583 g/mol. The van der Waals surface area contributed by atoms with Crippen molar-refractivity contribution in [3.05, 3.63) is 101 Å². The topological polar surface area (TPSA) is 90.0 Å². The van der Waals surface area contributed by atoms with Gasteiger partial charge < -0.3 is 10.2 Å². The molecule has 0 heterocycles. The van der Waals surface area contributed by atoms with Gasteiger partial charge in [-0.15, -0.1) is 0 Å². The van der Waals surface area contributed by atoms with E-state index in [1.807, 2.05) is 75.4 Å². The molecule has 3 aromatic rings. The molecule has 0 bridgehead atoms. The molecule has 10 heteroatoms. The van der Waals surface area contributed by atoms with Crippen LogP contribution >= 0.6 is 0 Å². The van der Waals surface area contributed by atoms with E-state index in [9.17, 15) is 22.4 Å². The van der Waals surface area contributed by atoms with E-state index in [2.05, 4.69) is 5.32 Å². The third-order valence-corrected chi connectivity index (χ3v) is 8.38. The van der Waals surface area contributed by atoms with Crippen molar-refractivity contribution in [1.82, 2.24) is 14.5 Å². The summed E-state index contributed by atoms with van der Waals surface area (Å²) in [6, 6.07) is 21.0. The minimum Gasteiger partial charge on any atom is -0.354 e. The van der Waals surface area contributed by atoms with E-state index < -0.39 is 34.5 Å². The molecule has 41 heavy (non-hydrogen) atoms. The number of carbonyl (C=O) groups excluding carboxylic acids is 2. The van der Waals surface area contributed by atoms with Gasteiger partial charge in [0.05, 0.1) is 5.69 Å². The molecule has 0 aliphatic heterocycles. The number of nitrogens with zero attached hydrogens (tertiary/aromatic N) is 3. The van der Waals surface area contributed by atoms with Crippen molar-refractivity contribution in [3.63, 3.8) is 0 Å². The second-order valence-corrected chi connectivity index (χ2v) is 12.7. The van der Waals surface area contributed by atoms with E-state index in [-0.39, 0.29) is 30.5 Å². The number of rotatable bonds is 13. The number of amides is 2. The number of aryl methyl sites for hydroxylation is 1. The summed E-state index contributed by atoms with van der Waals surface area (Å²) in [4.78, 5) is 29.2. The van der Waals surface area contributed by atoms with Crippen molar-refractivity contribution in [2.75, 3.05) is 31.5 Å². The smallest absolute Gasteiger partial charge is 0.304 e. The summed E-state index contributed by atoms with van der Waals surface area (Å²) in [6.07, 6.45) is 0.235. The molecule has 0 saturated carbocycles. The van der Waals surface area contributed by atoms with Crippen LogP contribution in [0.1, 0.15) is 30.5 Å². The number of hydrogen-bond donors (Lipinski definition) is 1. The largest absolute Gasteiger partial charge is 0.354 e. The van der Waals surface area contributed by atoms with E-state index in [4.69, 9.17) is 0 Å². The second-order valence-electron chi connectivity index (χ2n) is 10.6. The number of benzene rings is 3. The molecule has 0 radical (unpaired) electrons. The Balaban J connectivity index is 2.07. The maximum Gasteiger partial charge on any atom is 0.304 e. The minimum atomic E-state index is -4.14. The zero-order valence-electron chi connectivity index (χ0n) is 24.2. The molecule has 0 spiro atoms. The lowest BCUT2D eigenvalue weighted by molar-refractivity contribution is -0.140. The lowest BCUT2D eigenvalue weighted by atomic mass is 10.0. The minimum absolute atomic E-state index is 0.0883. The number of carbonyl (C=O) groups is 2. The molecule has 8 nitrogen and oxygen atoms in total. The summed E-state index contributed by atoms with van der Waals surface area (Å²) in [7, 11) is -1.42. The Bertz CT molecular complexity index is 1400. The molecule has 3 rings (SSSR count). The maximum atomic E-state index is 14.2. The third-order valence-electron chi connectivity index (χ3n) is 6.56. The van der Waals surface area contributed by atoms with Crippen molar-refractivity contribution >= 4 is 27.7 Å². The van der Waals surface area contributed by atoms with Gasteiger partial charge in [0, 0.05) is 33.6 Å². The standard InChI is InChI=1S/C31H39FN4O4S/c1-23(2)20-33-31(38)29(19-25-9-7-6-8-10-25)35(21-26-13-11-24(3)12-14-26)30(37)22-36(41(39,40)34(4)5)28-17-15-27(32)16-18-28/h6-18,23,29H,19-22H2,1-5H3,(H,33,38)/t29-/m0/s1. The van der Waals surface area contributed by atoms with Gasteiger partial charge in [0.1, 0.15) is 18.4 Å². The lowest BCUT2D eigenvalue weighted by Gasteiger charge is -2.34. The van der Waals surface area contributed by atoms with Crippen LogP contribution in [0.15, 0.2) is 78.9 Å². The van der Waals surface area contributed by atoms with Gasteiger partial charge in [-0.05, 0) is 48.2 Å². The molecule has 3 aromatic carbocycles. The summed E-state index contributed by atoms with van der Waals surface area (Å²) >= 11 is 0. The molecule has 0 unspecified atom stereocenters. The third kappa shape index (κ3) is 8.86. The van der Waals surface area contributed by atoms with Crippen molar-refractivity contribution in [2.45, 2.75) is 39.8 Å². The molecule has 0 saturated heterocycles. The summed E-state index contributed by atoms with van der Waals surface area (Å²) in [5.74, 6) is -1.24. The molecular formula is C31H39FN4O4S. The van der Waals surface area contributed by atoms with Crippen molar-refractivity contribution in [1.29, 1.82) is 0 Å². The molecule has 0 aliphatic rings. The zero-order chi connectivity index (χ0) is 30.2. The maximum absolute atomic E-state index is 14.2. The molecule has 1 atom stereocenters. The zero-order valence-corrected chi connectivity index (χ0v) is 25.1. The molecule has 220 valence electrons. The SMILES string of the molecule is Cc1ccc(CN(C(=O)CN(c2ccc(F)cc2)S(=O)(=O)N(C)C)[C@@H](Cc2ccccc2)C(=O)NCC(C)C)cc1. The van der Waals surface area contributed by atoms with Crippen LogP contribution in [0, 0.1) is 18.7 Å². The summed E-state index contributed by atoms with van der Waals surface area (Å²) in [6.45, 7) is 5.85. The van der Waals surface area contributed by atoms with Crippen LogP contribution in [-0.2, 0) is 32.8 Å². The highest BCUT2D eigenvalue weighted by molar-refractivity contribution is 7.90. The Kier molecular flexibility index (Phi) is 11.0. The number of hydrogen-bond acceptors (Lipinski definition) is 4. The molecule has 0 fully saturated rings. The van der Waals surface area contributed by atoms with Gasteiger partial charge in [0.25, 0.3) is 0 Å². The van der Waals surface area contributed by atoms with Crippen molar-refractivity contribution < 1.29 is 22.4 Å². The molecule has 2 amide bonds. The van der Waals surface area contributed by atoms with Gasteiger partial charge in [-0.1, -0.05) is 74.0 Å². The predicted octanol–water partition coefficient (Wildman–Crippen LogP) is 4.16. The first-order valence-electron chi connectivity index (χ1n) is 13.5. The van der Waals surface area contributed by atoms with Crippen LogP contribution in [0.3, 0.4) is 0 Å². The van der Waals surface area contributed by atoms with Gasteiger partial charge in [0.2, 0.25) is 11.8 Å². The Morgan fingerprint density at radius 2 is 1.49 bits per heavy atom. The number of anilines is 1. The first kappa shape index (κ1) is 31.8. The van der Waals surface area contributed by atoms with Crippen LogP contribution in [0.4, 0.5) is 10.1 Å². The Hall–Kier alpha value is -3.76. The monoisotopic (exact) mass is 582 g/mol. The van der Waals surface area contributed by atoms with Gasteiger partial charge >= 0.3 is 10.2 Å². The van der Waals surface area contributed by atoms with Crippen LogP contribution < -0.4 is 9.62 Å². The van der Waals surface area contributed by atoms with Crippen molar-refractivity contribution in [3.8, 4) is 0 Å². The van der Waals surface area contributed by atoms with Crippen LogP contribution in [0.5, 0.6) is 0 Å². The van der Waals surface area contributed by atoms with E-state index in [1.54, 1.807) is 0 Å². The molecular weight excluding hydrogens is 543 g/mol. The lowest BCUT2D eigenvalue weighted by Crippen LogP contribution is -2.54. The highest BCUT2D eigenvalue weighted by Crippen LogP contribution is 2.22. The summed E-state index contributed by atoms with van der Waals surface area (Å²) < 4.78 is 42.3. The number of nitrogens with one attached hydrogen (secondary N) is 1. The highest BCUT2D eigenvalue weighted by atomic mass is 32.2. The fraction of sp³-hybridized carbons (Fsp3) is 0.355. The fourth-order valence-corrected chi connectivity index (χ4v) is 5.25. The first-order valence-corrected chi connectivity index (χ1v) is 14.9. The fourth-order valence-electron chi connectivity index (χ4n) is 4.19. The Labute approximate surface area is 243 Å². The van der Waals surface area contributed by atoms with Crippen molar-refractivity contribution in [2.24, 2.45) is 5.92 Å². The van der Waals surface area contributed by atoms with Gasteiger partial charge in [0.15, 0.2) is 0 Å². The summed E-state index contributed by atoms with van der Waals surface area (Å²) in [5.41, 5.74) is 2.83. The van der Waals surface area contributed by atoms with Gasteiger partial charge in [-0.25, -0.2) is 8.70 Å². The van der Waals surface area contributed by atoms with E-state index in [0.717, 1.165) is 37.4 Å². The molecule has 1 N–H and O–H groups in total. The molecule has 0 aliphatic carbocycles. The van der Waals surface area contributed by atoms with E-state index >= 15 is 0 Å². The highest BCUT2D eigenvalue weighted by Gasteiger charge is 2.34. The van der Waals surface area contributed by atoms with E-state index in [1.165, 1.54) is 31.1 Å². The predicted molar refractivity (Wildman–Crippen MR) is 160 cm³/mol. The first-order chi connectivity index (χ1) is 19.4. The van der Waals surface area contributed by atoms with Crippen LogP contribution in [0.25, 0.3) is 0 Å². The van der Waals surface area contributed by atoms with Gasteiger partial charge in [-0.3, -0.25) is 9.59 Å². The Morgan fingerprint density at radius 3 is 2.05 bits per heavy atom. The number of halogens is 1. The van der Waals surface area contributed by atoms with Crippen LogP contribution in [0.2, 0.25) is 0 Å².